The zero-order valence-electron chi connectivity index (χ0n) is 13.7. The summed E-state index contributed by atoms with van der Waals surface area (Å²) in [6.45, 7) is 13.3. The molecule has 5 nitrogen and oxygen atoms in total. The largest absolute Gasteiger partial charge is 0.365 e. The van der Waals surface area contributed by atoms with E-state index in [-0.39, 0.29) is 0 Å². The van der Waals surface area contributed by atoms with Crippen LogP contribution in [-0.4, -0.2) is 47.5 Å². The Balaban J connectivity index is 2.31. The van der Waals surface area contributed by atoms with Crippen molar-refractivity contribution in [2.75, 3.05) is 24.5 Å². The maximum absolute atomic E-state index is 11.7. The Morgan fingerprint density at radius 1 is 1.38 bits per heavy atom. The number of hydrogen-bond acceptors (Lipinski definition) is 4. The fourth-order valence-corrected chi connectivity index (χ4v) is 3.05. The van der Waals surface area contributed by atoms with E-state index < -0.39 is 5.91 Å². The predicted molar refractivity (Wildman–Crippen MR) is 85.7 cm³/mol. The van der Waals surface area contributed by atoms with Crippen LogP contribution in [0.4, 0.5) is 5.82 Å². The number of anilines is 1. The first-order valence-electron chi connectivity index (χ1n) is 7.60. The quantitative estimate of drug-likeness (QED) is 0.920. The van der Waals surface area contributed by atoms with Gasteiger partial charge in [-0.2, -0.15) is 0 Å². The van der Waals surface area contributed by atoms with E-state index in [9.17, 15) is 4.79 Å². The average molecular weight is 290 g/mol. The Kier molecular flexibility index (Phi) is 4.52. The van der Waals surface area contributed by atoms with Crippen molar-refractivity contribution in [1.29, 1.82) is 0 Å². The normalized spacial score (nSPS) is 20.1. The van der Waals surface area contributed by atoms with Crippen molar-refractivity contribution in [2.24, 2.45) is 5.73 Å². The molecule has 1 amide bonds. The maximum atomic E-state index is 11.7. The average Bonchev–Trinajstić information content (AvgIpc) is 2.40. The lowest BCUT2D eigenvalue weighted by Gasteiger charge is -2.43. The van der Waals surface area contributed by atoms with Gasteiger partial charge in [0.15, 0.2) is 0 Å². The van der Waals surface area contributed by atoms with Gasteiger partial charge in [0, 0.05) is 37.4 Å². The third-order valence-corrected chi connectivity index (χ3v) is 4.35. The summed E-state index contributed by atoms with van der Waals surface area (Å²) in [7, 11) is 0. The second kappa shape index (κ2) is 6.02. The molecule has 0 aromatic carbocycles. The van der Waals surface area contributed by atoms with E-state index in [1.165, 1.54) is 0 Å². The highest BCUT2D eigenvalue weighted by atomic mass is 16.1. The van der Waals surface area contributed by atoms with Crippen LogP contribution in [0, 0.1) is 13.8 Å². The molecule has 1 aromatic heterocycles. The van der Waals surface area contributed by atoms with Crippen LogP contribution in [0.3, 0.4) is 0 Å². The number of piperazine rings is 1. The van der Waals surface area contributed by atoms with E-state index in [0.717, 1.165) is 36.7 Å². The topological polar surface area (TPSA) is 62.5 Å². The predicted octanol–water partition coefficient (Wildman–Crippen LogP) is 1.72. The molecule has 1 atom stereocenters. The highest BCUT2D eigenvalue weighted by Crippen LogP contribution is 2.24. The molecule has 0 spiro atoms. The van der Waals surface area contributed by atoms with Crippen molar-refractivity contribution in [1.82, 2.24) is 9.88 Å². The minimum absolute atomic E-state index is 0.403. The van der Waals surface area contributed by atoms with Crippen LogP contribution in [0.1, 0.15) is 42.4 Å². The number of pyridine rings is 1. The minimum Gasteiger partial charge on any atom is -0.365 e. The van der Waals surface area contributed by atoms with Crippen LogP contribution in [0.15, 0.2) is 6.07 Å². The molecule has 1 saturated heterocycles. The standard InChI is InChI=1S/C16H26N4O/c1-10(2)20-7-6-19(9-12(20)4)16-14(15(17)21)8-11(3)13(5)18-16/h8,10,12H,6-7,9H2,1-5H3,(H2,17,21)/t12-/m1/s1. The molecule has 1 aromatic rings. The summed E-state index contributed by atoms with van der Waals surface area (Å²) >= 11 is 0. The molecule has 2 rings (SSSR count). The monoisotopic (exact) mass is 290 g/mol. The summed E-state index contributed by atoms with van der Waals surface area (Å²) < 4.78 is 0. The molecule has 2 heterocycles. The number of carbonyl (C=O) groups excluding carboxylic acids is 1. The fourth-order valence-electron chi connectivity index (χ4n) is 3.05. The van der Waals surface area contributed by atoms with Crippen molar-refractivity contribution in [3.8, 4) is 0 Å². The van der Waals surface area contributed by atoms with Gasteiger partial charge in [-0.05, 0) is 46.2 Å². The van der Waals surface area contributed by atoms with Crippen LogP contribution in [0.5, 0.6) is 0 Å². The van der Waals surface area contributed by atoms with E-state index in [4.69, 9.17) is 5.73 Å². The SMILES string of the molecule is Cc1cc(C(N)=O)c(N2CCN(C(C)C)[C@H](C)C2)nc1C. The second-order valence-corrected chi connectivity index (χ2v) is 6.25. The zero-order chi connectivity index (χ0) is 15.7. The summed E-state index contributed by atoms with van der Waals surface area (Å²) in [6.07, 6.45) is 0. The van der Waals surface area contributed by atoms with Crippen molar-refractivity contribution in [3.63, 3.8) is 0 Å². The van der Waals surface area contributed by atoms with Crippen LogP contribution in [-0.2, 0) is 0 Å². The van der Waals surface area contributed by atoms with Crippen molar-refractivity contribution in [2.45, 2.75) is 46.7 Å². The molecular weight excluding hydrogens is 264 g/mol. The number of carbonyl (C=O) groups is 1. The van der Waals surface area contributed by atoms with E-state index in [1.807, 2.05) is 19.9 Å². The smallest absolute Gasteiger partial charge is 0.252 e. The van der Waals surface area contributed by atoms with Crippen molar-refractivity contribution in [3.05, 3.63) is 22.9 Å². The first kappa shape index (κ1) is 15.8. The van der Waals surface area contributed by atoms with E-state index in [2.05, 4.69) is 35.6 Å². The third kappa shape index (κ3) is 3.18. The molecule has 0 saturated carbocycles. The van der Waals surface area contributed by atoms with Gasteiger partial charge in [0.25, 0.3) is 5.91 Å². The highest BCUT2D eigenvalue weighted by molar-refractivity contribution is 5.98. The third-order valence-electron chi connectivity index (χ3n) is 4.35. The first-order chi connectivity index (χ1) is 9.81. The summed E-state index contributed by atoms with van der Waals surface area (Å²) in [5, 5.41) is 0. The van der Waals surface area contributed by atoms with Crippen LogP contribution in [0.25, 0.3) is 0 Å². The Morgan fingerprint density at radius 2 is 2.05 bits per heavy atom. The zero-order valence-corrected chi connectivity index (χ0v) is 13.7. The molecule has 0 bridgehead atoms. The molecule has 0 aliphatic carbocycles. The lowest BCUT2D eigenvalue weighted by molar-refractivity contribution is 0.0999. The lowest BCUT2D eigenvalue weighted by atomic mass is 10.1. The van der Waals surface area contributed by atoms with Crippen molar-refractivity contribution < 1.29 is 4.79 Å². The number of aryl methyl sites for hydroxylation is 2. The van der Waals surface area contributed by atoms with Gasteiger partial charge in [-0.3, -0.25) is 9.69 Å². The summed E-state index contributed by atoms with van der Waals surface area (Å²) in [5.74, 6) is 0.334. The molecule has 0 radical (unpaired) electrons. The molecule has 21 heavy (non-hydrogen) atoms. The molecule has 1 aliphatic heterocycles. The van der Waals surface area contributed by atoms with Gasteiger partial charge >= 0.3 is 0 Å². The molecule has 116 valence electrons. The van der Waals surface area contributed by atoms with Gasteiger partial charge in [0.05, 0.1) is 5.56 Å². The van der Waals surface area contributed by atoms with Gasteiger partial charge in [0.1, 0.15) is 5.82 Å². The highest BCUT2D eigenvalue weighted by Gasteiger charge is 2.28. The number of amides is 1. The lowest BCUT2D eigenvalue weighted by Crippen LogP contribution is -2.54. The molecule has 5 heteroatoms. The summed E-state index contributed by atoms with van der Waals surface area (Å²) in [5.41, 5.74) is 8.02. The van der Waals surface area contributed by atoms with E-state index >= 15 is 0 Å². The van der Waals surface area contributed by atoms with Gasteiger partial charge in [-0.25, -0.2) is 4.98 Å². The molecular formula is C16H26N4O. The minimum atomic E-state index is -0.403. The summed E-state index contributed by atoms with van der Waals surface area (Å²) in [6, 6.07) is 2.83. The number of primary amides is 1. The Morgan fingerprint density at radius 3 is 2.57 bits per heavy atom. The number of nitrogens with zero attached hydrogens (tertiary/aromatic N) is 3. The van der Waals surface area contributed by atoms with Gasteiger partial charge in [0.2, 0.25) is 0 Å². The molecule has 0 unspecified atom stereocenters. The van der Waals surface area contributed by atoms with E-state index in [0.29, 0.717) is 17.6 Å². The van der Waals surface area contributed by atoms with Gasteiger partial charge in [-0.15, -0.1) is 0 Å². The fraction of sp³-hybridized carbons (Fsp3) is 0.625. The molecule has 2 N–H and O–H groups in total. The maximum Gasteiger partial charge on any atom is 0.252 e. The number of hydrogen-bond donors (Lipinski definition) is 1. The number of nitrogens with two attached hydrogens (primary N) is 1. The Hall–Kier alpha value is -1.62. The van der Waals surface area contributed by atoms with Crippen LogP contribution < -0.4 is 10.6 Å². The van der Waals surface area contributed by atoms with Gasteiger partial charge in [-0.1, -0.05) is 0 Å². The molecule has 1 fully saturated rings. The van der Waals surface area contributed by atoms with Crippen LogP contribution in [0.2, 0.25) is 0 Å². The second-order valence-electron chi connectivity index (χ2n) is 6.25. The Bertz CT molecular complexity index is 541. The Labute approximate surface area is 127 Å². The van der Waals surface area contributed by atoms with E-state index in [1.54, 1.807) is 0 Å². The number of rotatable bonds is 3. The summed E-state index contributed by atoms with van der Waals surface area (Å²) in [4.78, 5) is 21.0. The van der Waals surface area contributed by atoms with Crippen molar-refractivity contribution >= 4 is 11.7 Å². The van der Waals surface area contributed by atoms with Gasteiger partial charge < -0.3 is 10.6 Å². The molecule has 1 aliphatic rings. The number of aromatic nitrogens is 1. The van der Waals surface area contributed by atoms with Crippen LogP contribution >= 0.6 is 0 Å². The first-order valence-corrected chi connectivity index (χ1v) is 7.60.